The van der Waals surface area contributed by atoms with Crippen LogP contribution in [0.15, 0.2) is 59.5 Å². The number of carbonyl (C=O) groups is 11. The van der Waals surface area contributed by atoms with Crippen molar-refractivity contribution in [1.82, 2.24) is 71.4 Å². The van der Waals surface area contributed by atoms with Crippen molar-refractivity contribution in [3.05, 3.63) is 91.3 Å². The Hall–Kier alpha value is -7.80. The quantitative estimate of drug-likeness (QED) is 0.0237. The summed E-state index contributed by atoms with van der Waals surface area (Å²) in [5.74, 6) is -3.28. The summed E-state index contributed by atoms with van der Waals surface area (Å²) in [4.78, 5) is 178. The van der Waals surface area contributed by atoms with E-state index >= 15 is 0 Å². The van der Waals surface area contributed by atoms with Gasteiger partial charge in [-0.15, -0.1) is 0 Å². The second-order valence-corrected chi connectivity index (χ2v) is 24.6. The third kappa shape index (κ3) is 28.8. The number of Topliss-reactive ketones (excluding diaryl/α,β-unsaturated/α-hetero) is 5. The summed E-state index contributed by atoms with van der Waals surface area (Å²) in [6.45, 7) is 14.0. The maximum atomic E-state index is 14.0. The number of benzene rings is 2. The van der Waals surface area contributed by atoms with E-state index in [2.05, 4.69) is 79.7 Å². The SMILES string of the molecule is CC(=O)CN1CCN(CC(C)=O)CCN(CC(=O)NCCNC(=O)CCC(NC(=O)CC[C@H](NC(=O)c2ccc(NCc3cnc4nc(C)[nH]c(=O)c4n3)cc2)C(C)=O)C(=O)NC(CCCCNC(=O)CCCc2ccc(I)cc2)C(C)=O)CCN(CC(C)=O)CC1. The maximum Gasteiger partial charge on any atom is 0.279 e. The molecule has 0 aliphatic carbocycles. The number of unbranched alkanes of at least 4 members (excludes halogenated alkanes) is 1. The molecule has 6 amide bonds. The topological polar surface area (TPSA) is 356 Å². The van der Waals surface area contributed by atoms with Crippen molar-refractivity contribution in [2.45, 2.75) is 130 Å². The number of ketones is 5. The molecule has 2 aromatic carbocycles. The summed E-state index contributed by atoms with van der Waals surface area (Å²) in [7, 11) is 0. The normalized spacial score (nSPS) is 14.7. The highest BCUT2D eigenvalue weighted by Gasteiger charge is 2.28. The van der Waals surface area contributed by atoms with Crippen molar-refractivity contribution in [2.75, 3.05) is 103 Å². The molecule has 28 heteroatoms. The van der Waals surface area contributed by atoms with Gasteiger partial charge in [0.2, 0.25) is 29.5 Å². The fourth-order valence-corrected chi connectivity index (χ4v) is 10.6. The lowest BCUT2D eigenvalue weighted by Crippen LogP contribution is -2.52. The zero-order chi connectivity index (χ0) is 67.1. The van der Waals surface area contributed by atoms with Gasteiger partial charge in [0.15, 0.2) is 22.7 Å². The Bertz CT molecular complexity index is 3210. The van der Waals surface area contributed by atoms with Crippen LogP contribution in [0.5, 0.6) is 0 Å². The van der Waals surface area contributed by atoms with E-state index < -0.39 is 53.1 Å². The van der Waals surface area contributed by atoms with Crippen molar-refractivity contribution in [3.8, 4) is 0 Å². The second kappa shape index (κ2) is 39.6. The molecule has 3 atom stereocenters. The summed E-state index contributed by atoms with van der Waals surface area (Å²) >= 11 is 2.24. The van der Waals surface area contributed by atoms with E-state index in [9.17, 15) is 57.5 Å². The minimum absolute atomic E-state index is 0.00250. The molecule has 0 spiro atoms. The molecule has 500 valence electrons. The van der Waals surface area contributed by atoms with Gasteiger partial charge in [-0.25, -0.2) is 15.0 Å². The van der Waals surface area contributed by atoms with Crippen LogP contribution in [0.2, 0.25) is 0 Å². The molecule has 0 radical (unpaired) electrons. The van der Waals surface area contributed by atoms with Crippen LogP contribution in [-0.4, -0.2) is 220 Å². The Morgan fingerprint density at radius 2 is 1.05 bits per heavy atom. The number of nitrogens with zero attached hydrogens (tertiary/aromatic N) is 7. The molecule has 0 bridgehead atoms. The van der Waals surface area contributed by atoms with E-state index in [1.807, 2.05) is 43.9 Å². The van der Waals surface area contributed by atoms with Crippen LogP contribution in [0.25, 0.3) is 11.2 Å². The second-order valence-electron chi connectivity index (χ2n) is 23.4. The molecular weight excluding hydrogens is 1300 g/mol. The largest absolute Gasteiger partial charge is 0.379 e. The average Bonchev–Trinajstić information content (AvgIpc) is 1.02. The number of fused-ring (bicyclic) bond motifs is 1. The molecule has 4 aromatic rings. The van der Waals surface area contributed by atoms with E-state index in [1.54, 1.807) is 19.1 Å². The van der Waals surface area contributed by atoms with Crippen LogP contribution < -0.4 is 42.8 Å². The van der Waals surface area contributed by atoms with Gasteiger partial charge in [0.1, 0.15) is 29.2 Å². The van der Waals surface area contributed by atoms with Gasteiger partial charge in [-0.05, 0) is 151 Å². The Kier molecular flexibility index (Phi) is 32.2. The Labute approximate surface area is 550 Å². The van der Waals surface area contributed by atoms with Crippen LogP contribution >= 0.6 is 22.6 Å². The van der Waals surface area contributed by atoms with E-state index in [0.717, 1.165) is 15.6 Å². The average molecular weight is 1390 g/mol. The molecule has 92 heavy (non-hydrogen) atoms. The van der Waals surface area contributed by atoms with Gasteiger partial charge >= 0.3 is 0 Å². The number of aryl methyl sites for hydroxylation is 2. The van der Waals surface area contributed by atoms with E-state index in [-0.39, 0.29) is 130 Å². The maximum absolute atomic E-state index is 14.0. The van der Waals surface area contributed by atoms with Crippen molar-refractivity contribution in [2.24, 2.45) is 0 Å². The fraction of sp³-hybridized carbons (Fsp3) is 0.547. The first-order valence-corrected chi connectivity index (χ1v) is 32.4. The minimum Gasteiger partial charge on any atom is -0.379 e. The minimum atomic E-state index is -1.32. The number of hydrogen-bond donors (Lipinski definition) is 8. The lowest BCUT2D eigenvalue weighted by molar-refractivity contribution is -0.132. The van der Waals surface area contributed by atoms with E-state index in [0.29, 0.717) is 102 Å². The fourth-order valence-electron chi connectivity index (χ4n) is 10.2. The van der Waals surface area contributed by atoms with Gasteiger partial charge < -0.3 is 42.2 Å². The molecule has 1 aliphatic rings. The Morgan fingerprint density at radius 1 is 0.543 bits per heavy atom. The molecule has 3 heterocycles. The number of hydrogen-bond acceptors (Lipinski definition) is 20. The first kappa shape index (κ1) is 74.9. The predicted molar refractivity (Wildman–Crippen MR) is 354 cm³/mol. The molecule has 27 nitrogen and oxygen atoms in total. The van der Waals surface area contributed by atoms with Gasteiger partial charge in [-0.3, -0.25) is 77.1 Å². The number of aromatic nitrogens is 4. The molecule has 0 saturated carbocycles. The van der Waals surface area contributed by atoms with Gasteiger partial charge in [-0.2, -0.15) is 0 Å². The molecule has 1 fully saturated rings. The monoisotopic (exact) mass is 1390 g/mol. The van der Waals surface area contributed by atoms with Crippen LogP contribution in [-0.2, 0) is 60.9 Å². The molecular formula is C64H90IN15O12. The number of nitrogens with one attached hydrogen (secondary N) is 8. The lowest BCUT2D eigenvalue weighted by Gasteiger charge is -2.33. The zero-order valence-electron chi connectivity index (χ0n) is 53.7. The third-order valence-electron chi connectivity index (χ3n) is 15.2. The number of amides is 6. The summed E-state index contributed by atoms with van der Waals surface area (Å²) in [6, 6.07) is 11.1. The zero-order valence-corrected chi connectivity index (χ0v) is 55.9. The van der Waals surface area contributed by atoms with Crippen LogP contribution in [0.3, 0.4) is 0 Å². The third-order valence-corrected chi connectivity index (χ3v) is 15.9. The summed E-state index contributed by atoms with van der Waals surface area (Å²) in [6.07, 6.45) is 3.60. The Balaban J connectivity index is 1.15. The van der Waals surface area contributed by atoms with Crippen LogP contribution in [0.4, 0.5) is 5.69 Å². The van der Waals surface area contributed by atoms with Crippen molar-refractivity contribution in [3.63, 3.8) is 0 Å². The van der Waals surface area contributed by atoms with Gasteiger partial charge in [-0.1, -0.05) is 12.1 Å². The number of anilines is 1. The summed E-state index contributed by atoms with van der Waals surface area (Å²) < 4.78 is 1.13. The van der Waals surface area contributed by atoms with Crippen LogP contribution in [0, 0.1) is 10.5 Å². The summed E-state index contributed by atoms with van der Waals surface area (Å²) in [5.41, 5.74) is 2.37. The van der Waals surface area contributed by atoms with Crippen molar-refractivity contribution in [1.29, 1.82) is 0 Å². The van der Waals surface area contributed by atoms with Gasteiger partial charge in [0, 0.05) is 106 Å². The molecule has 1 saturated heterocycles. The van der Waals surface area contributed by atoms with Gasteiger partial charge in [0.05, 0.1) is 56.7 Å². The van der Waals surface area contributed by atoms with E-state index in [1.165, 1.54) is 52.9 Å². The van der Waals surface area contributed by atoms with Crippen LogP contribution in [0.1, 0.15) is 120 Å². The molecule has 2 aromatic heterocycles. The number of carbonyl (C=O) groups excluding carboxylic acids is 11. The highest BCUT2D eigenvalue weighted by Crippen LogP contribution is 2.15. The highest BCUT2D eigenvalue weighted by molar-refractivity contribution is 14.1. The number of halogens is 1. The Morgan fingerprint density at radius 3 is 1.62 bits per heavy atom. The highest BCUT2D eigenvalue weighted by atomic mass is 127. The number of aromatic amines is 1. The van der Waals surface area contributed by atoms with Crippen molar-refractivity contribution >= 4 is 104 Å². The molecule has 2 unspecified atom stereocenters. The molecule has 1 aliphatic heterocycles. The predicted octanol–water partition coefficient (Wildman–Crippen LogP) is 1.58. The van der Waals surface area contributed by atoms with E-state index in [4.69, 9.17) is 0 Å². The first-order chi connectivity index (χ1) is 43.9. The number of rotatable bonds is 36. The lowest BCUT2D eigenvalue weighted by atomic mass is 10.0. The molecule has 8 N–H and O–H groups in total. The van der Waals surface area contributed by atoms with Gasteiger partial charge in [0.25, 0.3) is 11.5 Å². The summed E-state index contributed by atoms with van der Waals surface area (Å²) in [5, 5.41) is 19.7. The first-order valence-electron chi connectivity index (χ1n) is 31.3. The van der Waals surface area contributed by atoms with Crippen molar-refractivity contribution < 1.29 is 52.7 Å². The molecule has 5 rings (SSSR count). The standard InChI is InChI=1S/C64H90IN15O12/c1-42(81)38-77-28-30-78(39-43(2)82)32-34-80(35-33-79(31-29-77)40-44(3)83)41-59(89)68-27-26-67-57(87)23-22-55(63(91)76-53(45(4)84)11-7-8-25-66-56(86)12-9-10-48-13-17-50(65)18-14-48)74-58(88)24-21-54(46(5)85)75-62(90)49-15-19-51(20-16-49)69-36-52-37-70-61-60(73-52)64(92)72-47(6)71-61/h13-20,37,53-55,69H,7-12,21-36,38-41H2,1-6H3,(H,66,86)(H,67,87)(H,68,89)(H,74,88)(H,75,90)(H,76,91)(H,70,71,72,92)/t53?,54-,55?/m0/s1. The smallest absolute Gasteiger partial charge is 0.279 e. The number of H-pyrrole nitrogens is 1.